The SMILES string of the molecule is CC(OCCCNC(=O)NCCCC(=O)O)c1ccccc1. The van der Waals surface area contributed by atoms with Gasteiger partial charge in [-0.2, -0.15) is 0 Å². The quantitative estimate of drug-likeness (QED) is 0.579. The first-order chi connectivity index (χ1) is 10.6. The minimum Gasteiger partial charge on any atom is -0.481 e. The van der Waals surface area contributed by atoms with Crippen molar-refractivity contribution in [3.05, 3.63) is 35.9 Å². The summed E-state index contributed by atoms with van der Waals surface area (Å²) in [6, 6.07) is 9.69. The Hall–Kier alpha value is -2.08. The number of carbonyl (C=O) groups excluding carboxylic acids is 1. The summed E-state index contributed by atoms with van der Waals surface area (Å²) in [7, 11) is 0. The summed E-state index contributed by atoms with van der Waals surface area (Å²) < 4.78 is 5.70. The molecule has 2 amide bonds. The number of nitrogens with one attached hydrogen (secondary N) is 2. The lowest BCUT2D eigenvalue weighted by atomic mass is 10.1. The zero-order valence-electron chi connectivity index (χ0n) is 12.9. The third-order valence-corrected chi connectivity index (χ3v) is 3.10. The molecular weight excluding hydrogens is 284 g/mol. The average Bonchev–Trinajstić information content (AvgIpc) is 2.51. The molecule has 0 aliphatic carbocycles. The van der Waals surface area contributed by atoms with E-state index in [9.17, 15) is 9.59 Å². The third-order valence-electron chi connectivity index (χ3n) is 3.10. The van der Waals surface area contributed by atoms with Gasteiger partial charge in [-0.25, -0.2) is 4.79 Å². The van der Waals surface area contributed by atoms with Crippen LogP contribution in [0.3, 0.4) is 0 Å². The lowest BCUT2D eigenvalue weighted by Crippen LogP contribution is -2.36. The molecule has 1 unspecified atom stereocenters. The van der Waals surface area contributed by atoms with Crippen molar-refractivity contribution in [2.24, 2.45) is 0 Å². The molecule has 0 bridgehead atoms. The highest BCUT2D eigenvalue weighted by molar-refractivity contribution is 5.73. The second-order valence-electron chi connectivity index (χ2n) is 4.96. The van der Waals surface area contributed by atoms with Crippen molar-refractivity contribution < 1.29 is 19.4 Å². The van der Waals surface area contributed by atoms with E-state index in [-0.39, 0.29) is 18.6 Å². The van der Waals surface area contributed by atoms with Crippen molar-refractivity contribution in [3.8, 4) is 0 Å². The summed E-state index contributed by atoms with van der Waals surface area (Å²) in [6.07, 6.45) is 1.25. The molecule has 0 heterocycles. The van der Waals surface area contributed by atoms with Crippen LogP contribution in [0.25, 0.3) is 0 Å². The van der Waals surface area contributed by atoms with Gasteiger partial charge in [-0.15, -0.1) is 0 Å². The van der Waals surface area contributed by atoms with E-state index in [2.05, 4.69) is 10.6 Å². The van der Waals surface area contributed by atoms with Crippen molar-refractivity contribution in [2.45, 2.75) is 32.3 Å². The number of carbonyl (C=O) groups is 2. The Labute approximate surface area is 130 Å². The molecule has 0 aliphatic rings. The first kappa shape index (κ1) is 18.0. The van der Waals surface area contributed by atoms with Crippen molar-refractivity contribution in [3.63, 3.8) is 0 Å². The van der Waals surface area contributed by atoms with Crippen LogP contribution in [0.2, 0.25) is 0 Å². The van der Waals surface area contributed by atoms with Crippen LogP contribution in [0.4, 0.5) is 4.79 Å². The molecule has 0 radical (unpaired) electrons. The van der Waals surface area contributed by atoms with Gasteiger partial charge in [0, 0.05) is 26.1 Å². The van der Waals surface area contributed by atoms with Crippen LogP contribution in [0.1, 0.15) is 37.9 Å². The molecule has 6 nitrogen and oxygen atoms in total. The Balaban J connectivity index is 2.01. The van der Waals surface area contributed by atoms with E-state index >= 15 is 0 Å². The molecule has 1 atom stereocenters. The van der Waals surface area contributed by atoms with E-state index in [4.69, 9.17) is 9.84 Å². The number of ether oxygens (including phenoxy) is 1. The van der Waals surface area contributed by atoms with E-state index in [0.29, 0.717) is 26.1 Å². The summed E-state index contributed by atoms with van der Waals surface area (Å²) in [5, 5.41) is 13.8. The van der Waals surface area contributed by atoms with Gasteiger partial charge in [0.2, 0.25) is 0 Å². The summed E-state index contributed by atoms with van der Waals surface area (Å²) in [5.74, 6) is -0.855. The predicted octanol–water partition coefficient (Wildman–Crippen LogP) is 2.32. The Morgan fingerprint density at radius 2 is 1.77 bits per heavy atom. The monoisotopic (exact) mass is 308 g/mol. The number of urea groups is 1. The maximum Gasteiger partial charge on any atom is 0.314 e. The first-order valence-corrected chi connectivity index (χ1v) is 7.49. The van der Waals surface area contributed by atoms with E-state index in [1.165, 1.54) is 0 Å². The fourth-order valence-electron chi connectivity index (χ4n) is 1.86. The number of carboxylic acid groups (broad SMARTS) is 1. The van der Waals surface area contributed by atoms with Crippen LogP contribution >= 0.6 is 0 Å². The van der Waals surface area contributed by atoms with E-state index in [0.717, 1.165) is 12.0 Å². The molecule has 1 aromatic rings. The second kappa shape index (κ2) is 10.6. The lowest BCUT2D eigenvalue weighted by Gasteiger charge is -2.13. The fourth-order valence-corrected chi connectivity index (χ4v) is 1.86. The highest BCUT2D eigenvalue weighted by Crippen LogP contribution is 2.15. The maximum atomic E-state index is 11.4. The Kier molecular flexibility index (Phi) is 8.67. The summed E-state index contributed by atoms with van der Waals surface area (Å²) in [5.41, 5.74) is 1.13. The fraction of sp³-hybridized carbons (Fsp3) is 0.500. The Bertz CT molecular complexity index is 451. The molecule has 1 rings (SSSR count). The van der Waals surface area contributed by atoms with Gasteiger partial charge in [0.05, 0.1) is 6.10 Å². The molecule has 0 aromatic heterocycles. The number of hydrogen-bond acceptors (Lipinski definition) is 3. The van der Waals surface area contributed by atoms with Crippen molar-refractivity contribution in [1.82, 2.24) is 10.6 Å². The summed E-state index contributed by atoms with van der Waals surface area (Å²) in [6.45, 7) is 3.44. The smallest absolute Gasteiger partial charge is 0.314 e. The number of rotatable bonds is 10. The molecule has 3 N–H and O–H groups in total. The molecule has 0 saturated carbocycles. The standard InChI is InChI=1S/C16H24N2O4/c1-13(14-7-3-2-4-8-14)22-12-6-11-18-16(21)17-10-5-9-15(19)20/h2-4,7-8,13H,5-6,9-12H2,1H3,(H,19,20)(H2,17,18,21). The number of aliphatic carboxylic acids is 1. The van der Waals surface area contributed by atoms with Gasteiger partial charge in [-0.05, 0) is 25.3 Å². The van der Waals surface area contributed by atoms with E-state index in [1.54, 1.807) is 0 Å². The highest BCUT2D eigenvalue weighted by atomic mass is 16.5. The van der Waals surface area contributed by atoms with Gasteiger partial charge in [0.15, 0.2) is 0 Å². The van der Waals surface area contributed by atoms with Gasteiger partial charge >= 0.3 is 12.0 Å². The maximum absolute atomic E-state index is 11.4. The van der Waals surface area contributed by atoms with Crippen molar-refractivity contribution in [1.29, 1.82) is 0 Å². The molecule has 0 fully saturated rings. The number of amides is 2. The van der Waals surface area contributed by atoms with Crippen molar-refractivity contribution in [2.75, 3.05) is 19.7 Å². The Morgan fingerprint density at radius 1 is 1.14 bits per heavy atom. The third kappa shape index (κ3) is 8.26. The second-order valence-corrected chi connectivity index (χ2v) is 4.96. The predicted molar refractivity (Wildman–Crippen MR) is 83.7 cm³/mol. The van der Waals surface area contributed by atoms with Crippen LogP contribution < -0.4 is 10.6 Å². The lowest BCUT2D eigenvalue weighted by molar-refractivity contribution is -0.137. The average molecular weight is 308 g/mol. The van der Waals surface area contributed by atoms with Gasteiger partial charge in [0.1, 0.15) is 0 Å². The molecule has 0 spiro atoms. The molecule has 6 heteroatoms. The molecule has 1 aromatic carbocycles. The van der Waals surface area contributed by atoms with Crippen LogP contribution in [-0.4, -0.2) is 36.8 Å². The minimum absolute atomic E-state index is 0.0334. The zero-order chi connectivity index (χ0) is 16.2. The zero-order valence-corrected chi connectivity index (χ0v) is 12.9. The van der Waals surface area contributed by atoms with E-state index in [1.807, 2.05) is 37.3 Å². The van der Waals surface area contributed by atoms with E-state index < -0.39 is 5.97 Å². The topological polar surface area (TPSA) is 87.7 Å². The largest absolute Gasteiger partial charge is 0.481 e. The van der Waals surface area contributed by atoms with Gasteiger partial charge in [-0.1, -0.05) is 30.3 Å². The number of hydrogen-bond donors (Lipinski definition) is 3. The van der Waals surface area contributed by atoms with Gasteiger partial charge < -0.3 is 20.5 Å². The Morgan fingerprint density at radius 3 is 2.41 bits per heavy atom. The normalized spacial score (nSPS) is 11.7. The number of benzene rings is 1. The molecule has 0 saturated heterocycles. The van der Waals surface area contributed by atoms with Gasteiger partial charge in [0.25, 0.3) is 0 Å². The highest BCUT2D eigenvalue weighted by Gasteiger charge is 2.05. The summed E-state index contributed by atoms with van der Waals surface area (Å²) >= 11 is 0. The van der Waals surface area contributed by atoms with Gasteiger partial charge in [-0.3, -0.25) is 4.79 Å². The molecule has 22 heavy (non-hydrogen) atoms. The van der Waals surface area contributed by atoms with Crippen LogP contribution in [-0.2, 0) is 9.53 Å². The first-order valence-electron chi connectivity index (χ1n) is 7.49. The van der Waals surface area contributed by atoms with Crippen LogP contribution in [0.5, 0.6) is 0 Å². The summed E-state index contributed by atoms with van der Waals surface area (Å²) in [4.78, 5) is 21.7. The molecular formula is C16H24N2O4. The van der Waals surface area contributed by atoms with Crippen LogP contribution in [0, 0.1) is 0 Å². The van der Waals surface area contributed by atoms with Crippen LogP contribution in [0.15, 0.2) is 30.3 Å². The molecule has 122 valence electrons. The van der Waals surface area contributed by atoms with Crippen molar-refractivity contribution >= 4 is 12.0 Å². The number of carboxylic acids is 1. The minimum atomic E-state index is -0.855. The molecule has 0 aliphatic heterocycles.